The summed E-state index contributed by atoms with van der Waals surface area (Å²) in [6, 6.07) is 3.84. The van der Waals surface area contributed by atoms with E-state index in [4.69, 9.17) is 5.73 Å². The van der Waals surface area contributed by atoms with E-state index in [0.717, 1.165) is 16.3 Å². The zero-order chi connectivity index (χ0) is 13.0. The lowest BCUT2D eigenvalue weighted by molar-refractivity contribution is 1.02. The summed E-state index contributed by atoms with van der Waals surface area (Å²) >= 11 is 6.27. The first-order chi connectivity index (χ1) is 8.66. The number of nitrogens with one attached hydrogen (secondary N) is 1. The second-order valence-corrected chi connectivity index (χ2v) is 4.77. The van der Waals surface area contributed by atoms with Crippen molar-refractivity contribution in [1.82, 2.24) is 15.4 Å². The van der Waals surface area contributed by atoms with E-state index in [9.17, 15) is 0 Å². The van der Waals surface area contributed by atoms with Crippen molar-refractivity contribution >= 4 is 34.4 Å². The molecule has 2 heterocycles. The van der Waals surface area contributed by atoms with Gasteiger partial charge in [-0.15, -0.1) is 11.3 Å². The number of hydrazone groups is 1. The first-order valence-electron chi connectivity index (χ1n) is 5.13. The molecular formula is C11H11N5S2. The van der Waals surface area contributed by atoms with E-state index in [0.29, 0.717) is 5.71 Å². The summed E-state index contributed by atoms with van der Waals surface area (Å²) in [5.74, 6) is 0. The Kier molecular flexibility index (Phi) is 3.96. The van der Waals surface area contributed by atoms with Crippen LogP contribution in [-0.4, -0.2) is 20.8 Å². The summed E-state index contributed by atoms with van der Waals surface area (Å²) < 4.78 is 0. The van der Waals surface area contributed by atoms with Gasteiger partial charge in [-0.1, -0.05) is 0 Å². The van der Waals surface area contributed by atoms with Gasteiger partial charge in [0.2, 0.25) is 0 Å². The van der Waals surface area contributed by atoms with Gasteiger partial charge in [0.1, 0.15) is 5.01 Å². The van der Waals surface area contributed by atoms with Crippen LogP contribution >= 0.6 is 23.6 Å². The fourth-order valence-electron chi connectivity index (χ4n) is 1.32. The molecule has 0 aromatic carbocycles. The number of aromatic nitrogens is 2. The number of nitrogens with zero attached hydrogens (tertiary/aromatic N) is 3. The molecule has 0 saturated heterocycles. The second kappa shape index (κ2) is 5.65. The van der Waals surface area contributed by atoms with Crippen molar-refractivity contribution in [3.05, 3.63) is 35.6 Å². The Morgan fingerprint density at radius 2 is 2.28 bits per heavy atom. The molecule has 2 aromatic heterocycles. The molecule has 0 saturated carbocycles. The van der Waals surface area contributed by atoms with Crippen LogP contribution in [0.25, 0.3) is 10.6 Å². The van der Waals surface area contributed by atoms with Crippen LogP contribution in [0.1, 0.15) is 12.6 Å². The largest absolute Gasteiger partial charge is 0.375 e. The Hall–Kier alpha value is -1.86. The summed E-state index contributed by atoms with van der Waals surface area (Å²) in [5, 5.41) is 7.06. The van der Waals surface area contributed by atoms with Gasteiger partial charge in [-0.05, 0) is 31.3 Å². The van der Waals surface area contributed by atoms with Gasteiger partial charge >= 0.3 is 0 Å². The molecule has 2 rings (SSSR count). The fourth-order valence-corrected chi connectivity index (χ4v) is 2.00. The molecule has 0 amide bonds. The standard InChI is InChI=1S/C11H11N5S2/c1-7(15-16-11(12)17)9-6-8(2-3-13-9)10-14-4-5-18-10/h2-6H,1H3,(H3,12,16,17). The molecule has 0 aliphatic carbocycles. The molecule has 18 heavy (non-hydrogen) atoms. The summed E-state index contributed by atoms with van der Waals surface area (Å²) in [5.41, 5.74) is 10.3. The van der Waals surface area contributed by atoms with Gasteiger partial charge in [-0.25, -0.2) is 4.98 Å². The minimum atomic E-state index is 0.130. The van der Waals surface area contributed by atoms with E-state index in [1.54, 1.807) is 23.7 Å². The highest BCUT2D eigenvalue weighted by Gasteiger charge is 2.04. The maximum atomic E-state index is 5.31. The minimum Gasteiger partial charge on any atom is -0.375 e. The first-order valence-corrected chi connectivity index (χ1v) is 6.41. The Morgan fingerprint density at radius 1 is 1.44 bits per heavy atom. The molecule has 0 aliphatic rings. The number of thiocarbonyl (C=S) groups is 1. The van der Waals surface area contributed by atoms with Crippen LogP contribution < -0.4 is 11.2 Å². The Morgan fingerprint density at radius 3 is 2.94 bits per heavy atom. The highest BCUT2D eigenvalue weighted by atomic mass is 32.1. The van der Waals surface area contributed by atoms with Crippen molar-refractivity contribution in [2.75, 3.05) is 0 Å². The van der Waals surface area contributed by atoms with Gasteiger partial charge < -0.3 is 5.73 Å². The molecule has 92 valence electrons. The molecule has 5 nitrogen and oxygen atoms in total. The van der Waals surface area contributed by atoms with Crippen molar-refractivity contribution in [3.8, 4) is 10.6 Å². The van der Waals surface area contributed by atoms with Crippen molar-refractivity contribution in [2.24, 2.45) is 10.8 Å². The quantitative estimate of drug-likeness (QED) is 0.508. The lowest BCUT2D eigenvalue weighted by atomic mass is 10.2. The molecule has 3 N–H and O–H groups in total. The van der Waals surface area contributed by atoms with E-state index < -0.39 is 0 Å². The highest BCUT2D eigenvalue weighted by Crippen LogP contribution is 2.21. The van der Waals surface area contributed by atoms with Crippen LogP contribution in [0.15, 0.2) is 35.0 Å². The third kappa shape index (κ3) is 3.08. The third-order valence-electron chi connectivity index (χ3n) is 2.14. The first kappa shape index (κ1) is 12.6. The molecule has 0 fully saturated rings. The van der Waals surface area contributed by atoms with Gasteiger partial charge in [0.25, 0.3) is 0 Å². The second-order valence-electron chi connectivity index (χ2n) is 3.44. The number of nitrogens with two attached hydrogens (primary N) is 1. The monoisotopic (exact) mass is 277 g/mol. The van der Waals surface area contributed by atoms with Gasteiger partial charge in [0, 0.05) is 23.3 Å². The highest BCUT2D eigenvalue weighted by molar-refractivity contribution is 7.80. The van der Waals surface area contributed by atoms with E-state index in [1.807, 2.05) is 24.4 Å². The van der Waals surface area contributed by atoms with Crippen LogP contribution in [0, 0.1) is 0 Å². The SMILES string of the molecule is CC(=NNC(N)=S)c1cc(-c2nccs2)ccn1. The summed E-state index contributed by atoms with van der Waals surface area (Å²) in [7, 11) is 0. The molecule has 0 atom stereocenters. The van der Waals surface area contributed by atoms with Crippen molar-refractivity contribution in [1.29, 1.82) is 0 Å². The van der Waals surface area contributed by atoms with Crippen molar-refractivity contribution in [2.45, 2.75) is 6.92 Å². The Bertz CT molecular complexity index is 577. The molecule has 0 aliphatic heterocycles. The van der Waals surface area contributed by atoms with Crippen LogP contribution in [0.4, 0.5) is 0 Å². The van der Waals surface area contributed by atoms with Crippen LogP contribution in [0.3, 0.4) is 0 Å². The third-order valence-corrected chi connectivity index (χ3v) is 3.06. The zero-order valence-corrected chi connectivity index (χ0v) is 11.3. The number of hydrogen-bond acceptors (Lipinski definition) is 5. The van der Waals surface area contributed by atoms with E-state index in [2.05, 4.69) is 32.7 Å². The molecular weight excluding hydrogens is 266 g/mol. The molecule has 2 aromatic rings. The van der Waals surface area contributed by atoms with Gasteiger partial charge in [0.05, 0.1) is 11.4 Å². The van der Waals surface area contributed by atoms with Crippen LogP contribution in [0.2, 0.25) is 0 Å². The predicted molar refractivity (Wildman–Crippen MR) is 77.5 cm³/mol. The number of hydrogen-bond donors (Lipinski definition) is 2. The molecule has 0 bridgehead atoms. The minimum absolute atomic E-state index is 0.130. The van der Waals surface area contributed by atoms with E-state index in [1.165, 1.54) is 0 Å². The maximum Gasteiger partial charge on any atom is 0.184 e. The summed E-state index contributed by atoms with van der Waals surface area (Å²) in [4.78, 5) is 8.50. The number of thiazole rings is 1. The maximum absolute atomic E-state index is 5.31. The molecule has 0 spiro atoms. The van der Waals surface area contributed by atoms with E-state index in [-0.39, 0.29) is 5.11 Å². The van der Waals surface area contributed by atoms with Gasteiger partial charge in [-0.2, -0.15) is 5.10 Å². The Balaban J connectivity index is 2.27. The lowest BCUT2D eigenvalue weighted by Crippen LogP contribution is -2.25. The smallest absolute Gasteiger partial charge is 0.184 e. The van der Waals surface area contributed by atoms with E-state index >= 15 is 0 Å². The van der Waals surface area contributed by atoms with Crippen LogP contribution in [0.5, 0.6) is 0 Å². The van der Waals surface area contributed by atoms with Crippen LogP contribution in [-0.2, 0) is 0 Å². The van der Waals surface area contributed by atoms with Gasteiger partial charge in [0.15, 0.2) is 5.11 Å². The number of pyridine rings is 1. The zero-order valence-electron chi connectivity index (χ0n) is 9.62. The number of rotatable bonds is 3. The van der Waals surface area contributed by atoms with Crippen molar-refractivity contribution in [3.63, 3.8) is 0 Å². The summed E-state index contributed by atoms with van der Waals surface area (Å²) in [6.07, 6.45) is 3.50. The topological polar surface area (TPSA) is 76.2 Å². The molecule has 0 unspecified atom stereocenters. The average molecular weight is 277 g/mol. The Labute approximate surface area is 114 Å². The molecule has 0 radical (unpaired) electrons. The normalized spacial score (nSPS) is 11.3. The molecule has 7 heteroatoms. The predicted octanol–water partition coefficient (Wildman–Crippen LogP) is 1.76. The fraction of sp³-hybridized carbons (Fsp3) is 0.0909. The lowest BCUT2D eigenvalue weighted by Gasteiger charge is -2.03. The summed E-state index contributed by atoms with van der Waals surface area (Å²) in [6.45, 7) is 1.83. The average Bonchev–Trinajstić information content (AvgIpc) is 2.90. The van der Waals surface area contributed by atoms with Gasteiger partial charge in [-0.3, -0.25) is 10.4 Å². The van der Waals surface area contributed by atoms with Crippen molar-refractivity contribution < 1.29 is 0 Å².